The average Bonchev–Trinajstić information content (AvgIpc) is 2.58. The van der Waals surface area contributed by atoms with Gasteiger partial charge in [0.15, 0.2) is 0 Å². The molecule has 1 heterocycles. The second-order valence-electron chi connectivity index (χ2n) is 7.74. The van der Waals surface area contributed by atoms with Gasteiger partial charge >= 0.3 is 12.2 Å². The molecule has 1 aromatic rings. The predicted molar refractivity (Wildman–Crippen MR) is 99.8 cm³/mol. The highest BCUT2D eigenvalue weighted by Crippen LogP contribution is 2.21. The molecule has 0 radical (unpaired) electrons. The number of rotatable bonds is 3. The zero-order valence-electron chi connectivity index (χ0n) is 16.4. The summed E-state index contributed by atoms with van der Waals surface area (Å²) in [5.74, 6) is 0. The Kier molecular flexibility index (Phi) is 6.51. The minimum Gasteiger partial charge on any atom is -0.445 e. The van der Waals surface area contributed by atoms with E-state index in [1.807, 2.05) is 65.0 Å². The summed E-state index contributed by atoms with van der Waals surface area (Å²) < 4.78 is 11.0. The molecule has 1 aliphatic heterocycles. The fourth-order valence-electron chi connectivity index (χ4n) is 2.99. The molecule has 26 heavy (non-hydrogen) atoms. The van der Waals surface area contributed by atoms with Crippen LogP contribution in [0.2, 0.25) is 0 Å². The molecule has 0 spiro atoms. The van der Waals surface area contributed by atoms with Crippen molar-refractivity contribution in [3.8, 4) is 0 Å². The molecular weight excluding hydrogens is 332 g/mol. The van der Waals surface area contributed by atoms with E-state index in [1.54, 1.807) is 9.80 Å². The highest BCUT2D eigenvalue weighted by atomic mass is 16.6. The summed E-state index contributed by atoms with van der Waals surface area (Å²) in [7, 11) is 0. The second kappa shape index (κ2) is 8.43. The molecule has 6 nitrogen and oxygen atoms in total. The highest BCUT2D eigenvalue weighted by molar-refractivity contribution is 5.71. The van der Waals surface area contributed by atoms with Crippen LogP contribution in [0.25, 0.3) is 0 Å². The van der Waals surface area contributed by atoms with Crippen LogP contribution in [0.15, 0.2) is 30.3 Å². The number of carbonyl (C=O) groups is 2. The van der Waals surface area contributed by atoms with Crippen LogP contribution >= 0.6 is 0 Å². The summed E-state index contributed by atoms with van der Waals surface area (Å²) in [6, 6.07) is 9.40. The van der Waals surface area contributed by atoms with Gasteiger partial charge in [0, 0.05) is 13.1 Å². The van der Waals surface area contributed by atoms with Gasteiger partial charge in [-0.2, -0.15) is 0 Å². The Hall–Kier alpha value is -2.24. The zero-order chi connectivity index (χ0) is 19.3. The molecule has 0 saturated carbocycles. The van der Waals surface area contributed by atoms with E-state index >= 15 is 0 Å². The van der Waals surface area contributed by atoms with Gasteiger partial charge in [-0.1, -0.05) is 37.3 Å². The average molecular weight is 362 g/mol. The Morgan fingerprint density at radius 2 is 1.73 bits per heavy atom. The second-order valence-corrected chi connectivity index (χ2v) is 7.74. The monoisotopic (exact) mass is 362 g/mol. The van der Waals surface area contributed by atoms with Crippen LogP contribution in [0.4, 0.5) is 9.59 Å². The van der Waals surface area contributed by atoms with Crippen LogP contribution in [0.1, 0.15) is 46.6 Å². The first-order valence-electron chi connectivity index (χ1n) is 9.18. The molecule has 0 aromatic heterocycles. The fraction of sp³-hybridized carbons (Fsp3) is 0.600. The van der Waals surface area contributed by atoms with Crippen molar-refractivity contribution in [1.29, 1.82) is 0 Å². The Balaban J connectivity index is 1.98. The topological polar surface area (TPSA) is 59.1 Å². The number of hydrogen-bond acceptors (Lipinski definition) is 4. The van der Waals surface area contributed by atoms with E-state index in [1.165, 1.54) is 0 Å². The molecule has 1 aromatic carbocycles. The molecule has 0 N–H and O–H groups in total. The van der Waals surface area contributed by atoms with Crippen molar-refractivity contribution in [2.45, 2.75) is 65.3 Å². The lowest BCUT2D eigenvalue weighted by Gasteiger charge is -2.44. The minimum atomic E-state index is -0.537. The highest BCUT2D eigenvalue weighted by Gasteiger charge is 2.38. The third-order valence-corrected chi connectivity index (χ3v) is 4.38. The number of nitrogens with zero attached hydrogens (tertiary/aromatic N) is 2. The van der Waals surface area contributed by atoms with E-state index < -0.39 is 5.60 Å². The SMILES string of the molecule is CC[C@H]1CN(C(=O)OC(C)(C)C)[C@H](C)CN1C(=O)OCc1ccccc1. The maximum atomic E-state index is 12.6. The molecule has 0 bridgehead atoms. The van der Waals surface area contributed by atoms with Gasteiger partial charge in [-0.3, -0.25) is 0 Å². The summed E-state index contributed by atoms with van der Waals surface area (Å²) in [5.41, 5.74) is 0.416. The molecule has 1 saturated heterocycles. The van der Waals surface area contributed by atoms with Crippen molar-refractivity contribution in [3.63, 3.8) is 0 Å². The number of ether oxygens (including phenoxy) is 2. The molecular formula is C20H30N2O4. The van der Waals surface area contributed by atoms with Crippen LogP contribution in [0.3, 0.4) is 0 Å². The van der Waals surface area contributed by atoms with E-state index in [0.29, 0.717) is 13.1 Å². The Bertz CT molecular complexity index is 612. The summed E-state index contributed by atoms with van der Waals surface area (Å²) in [4.78, 5) is 28.4. The van der Waals surface area contributed by atoms with Gasteiger partial charge in [-0.15, -0.1) is 0 Å². The molecule has 6 heteroatoms. The first-order valence-corrected chi connectivity index (χ1v) is 9.18. The number of hydrogen-bond donors (Lipinski definition) is 0. The van der Waals surface area contributed by atoms with Crippen LogP contribution in [0, 0.1) is 0 Å². The van der Waals surface area contributed by atoms with Crippen LogP contribution < -0.4 is 0 Å². The standard InChI is InChI=1S/C20H30N2O4/c1-6-17-13-21(19(24)26-20(3,4)5)15(2)12-22(17)18(23)25-14-16-10-8-7-9-11-16/h7-11,15,17H,6,12-14H2,1-5H3/t15-,17+/m1/s1. The molecule has 1 fully saturated rings. The van der Waals surface area contributed by atoms with Crippen LogP contribution in [-0.4, -0.2) is 52.8 Å². The van der Waals surface area contributed by atoms with Gasteiger partial charge in [0.1, 0.15) is 12.2 Å². The Morgan fingerprint density at radius 1 is 1.08 bits per heavy atom. The third kappa shape index (κ3) is 5.38. The van der Waals surface area contributed by atoms with Gasteiger partial charge in [0.25, 0.3) is 0 Å². The molecule has 144 valence electrons. The number of carbonyl (C=O) groups excluding carboxylic acids is 2. The van der Waals surface area contributed by atoms with E-state index in [2.05, 4.69) is 0 Å². The van der Waals surface area contributed by atoms with Gasteiger partial charge in [0.2, 0.25) is 0 Å². The van der Waals surface area contributed by atoms with E-state index in [9.17, 15) is 9.59 Å². The molecule has 1 aliphatic rings. The third-order valence-electron chi connectivity index (χ3n) is 4.38. The van der Waals surface area contributed by atoms with Crippen molar-refractivity contribution >= 4 is 12.2 Å². The lowest BCUT2D eigenvalue weighted by molar-refractivity contribution is -0.0147. The quantitative estimate of drug-likeness (QED) is 0.814. The molecule has 2 amide bonds. The van der Waals surface area contributed by atoms with Crippen molar-refractivity contribution in [2.24, 2.45) is 0 Å². The summed E-state index contributed by atoms with van der Waals surface area (Å²) in [6.07, 6.45) is 0.0732. The van der Waals surface area contributed by atoms with Crippen LogP contribution in [0.5, 0.6) is 0 Å². The zero-order valence-corrected chi connectivity index (χ0v) is 16.4. The molecule has 0 unspecified atom stereocenters. The first-order chi connectivity index (χ1) is 12.2. The Morgan fingerprint density at radius 3 is 2.31 bits per heavy atom. The largest absolute Gasteiger partial charge is 0.445 e. The first kappa shape index (κ1) is 20.1. The summed E-state index contributed by atoms with van der Waals surface area (Å²) in [6.45, 7) is 10.6. The molecule has 2 rings (SSSR count). The fourth-order valence-corrected chi connectivity index (χ4v) is 2.99. The van der Waals surface area contributed by atoms with Crippen molar-refractivity contribution in [3.05, 3.63) is 35.9 Å². The van der Waals surface area contributed by atoms with Crippen LogP contribution in [-0.2, 0) is 16.1 Å². The lowest BCUT2D eigenvalue weighted by Crippen LogP contribution is -2.60. The number of piperazine rings is 1. The maximum absolute atomic E-state index is 12.6. The van der Waals surface area contributed by atoms with Crippen molar-refractivity contribution in [1.82, 2.24) is 9.80 Å². The van der Waals surface area contributed by atoms with E-state index in [0.717, 1.165) is 12.0 Å². The van der Waals surface area contributed by atoms with E-state index in [4.69, 9.17) is 9.47 Å². The van der Waals surface area contributed by atoms with Gasteiger partial charge in [0.05, 0.1) is 12.1 Å². The van der Waals surface area contributed by atoms with Gasteiger partial charge < -0.3 is 19.3 Å². The molecule has 0 aliphatic carbocycles. The summed E-state index contributed by atoms with van der Waals surface area (Å²) >= 11 is 0. The minimum absolute atomic E-state index is 0.0815. The van der Waals surface area contributed by atoms with Crippen molar-refractivity contribution < 1.29 is 19.1 Å². The smallest absolute Gasteiger partial charge is 0.410 e. The lowest BCUT2D eigenvalue weighted by atomic mass is 10.1. The molecule has 2 atom stereocenters. The van der Waals surface area contributed by atoms with Gasteiger partial charge in [-0.05, 0) is 39.7 Å². The number of benzene rings is 1. The Labute approximate surface area is 156 Å². The van der Waals surface area contributed by atoms with Gasteiger partial charge in [-0.25, -0.2) is 9.59 Å². The summed E-state index contributed by atoms with van der Waals surface area (Å²) in [5, 5.41) is 0. The number of amides is 2. The van der Waals surface area contributed by atoms with E-state index in [-0.39, 0.29) is 30.9 Å². The maximum Gasteiger partial charge on any atom is 0.410 e. The van der Waals surface area contributed by atoms with Crippen molar-refractivity contribution in [2.75, 3.05) is 13.1 Å². The predicted octanol–water partition coefficient (Wildman–Crippen LogP) is 4.04. The normalized spacial score (nSPS) is 20.7.